The second-order valence-corrected chi connectivity index (χ2v) is 10.9. The van der Waals surface area contributed by atoms with E-state index < -0.39 is 5.41 Å². The molecule has 0 N–H and O–H groups in total. The molecule has 2 aromatic carbocycles. The second kappa shape index (κ2) is 11.0. The van der Waals surface area contributed by atoms with Crippen molar-refractivity contribution in [1.82, 2.24) is 4.90 Å². The summed E-state index contributed by atoms with van der Waals surface area (Å²) in [6.07, 6.45) is 5.65. The number of nitrogens with zero attached hydrogens (tertiary/aromatic N) is 4. The highest BCUT2D eigenvalue weighted by molar-refractivity contribution is 5.51. The Balaban J connectivity index is 1.22. The lowest BCUT2D eigenvalue weighted by Gasteiger charge is -2.48. The first-order valence-corrected chi connectivity index (χ1v) is 13.7. The van der Waals surface area contributed by atoms with Crippen molar-refractivity contribution in [3.8, 4) is 12.1 Å². The first-order chi connectivity index (χ1) is 17.7. The van der Waals surface area contributed by atoms with Gasteiger partial charge >= 0.3 is 0 Å². The van der Waals surface area contributed by atoms with Crippen LogP contribution in [-0.2, 0) is 10.2 Å². The highest BCUT2D eigenvalue weighted by Crippen LogP contribution is 2.50. The predicted octanol–water partition coefficient (Wildman–Crippen LogP) is 5.37. The average Bonchev–Trinajstić information content (AvgIpc) is 3.37. The number of benzene rings is 2. The molecule has 5 rings (SSSR count). The van der Waals surface area contributed by atoms with Crippen LogP contribution in [0.25, 0.3) is 0 Å². The van der Waals surface area contributed by atoms with Gasteiger partial charge in [-0.1, -0.05) is 36.8 Å². The molecule has 1 aliphatic carbocycles. The van der Waals surface area contributed by atoms with Crippen LogP contribution in [0.15, 0.2) is 54.6 Å². The van der Waals surface area contributed by atoms with Gasteiger partial charge in [0.15, 0.2) is 0 Å². The summed E-state index contributed by atoms with van der Waals surface area (Å²) in [7, 11) is 0. The van der Waals surface area contributed by atoms with E-state index >= 15 is 0 Å². The van der Waals surface area contributed by atoms with Gasteiger partial charge in [0.25, 0.3) is 0 Å². The van der Waals surface area contributed by atoms with Crippen LogP contribution in [-0.4, -0.2) is 50.3 Å². The van der Waals surface area contributed by atoms with Gasteiger partial charge in [-0.05, 0) is 81.4 Å². The number of likely N-dealkylation sites (tertiary alicyclic amines) is 1. The lowest BCUT2D eigenvalue weighted by atomic mass is 9.59. The van der Waals surface area contributed by atoms with Gasteiger partial charge < -0.3 is 14.5 Å². The van der Waals surface area contributed by atoms with Gasteiger partial charge in [-0.25, -0.2) is 0 Å². The monoisotopic (exact) mass is 482 g/mol. The van der Waals surface area contributed by atoms with Crippen LogP contribution in [0.3, 0.4) is 0 Å². The fourth-order valence-electron chi connectivity index (χ4n) is 7.14. The SMILES string of the molecule is CCO[C@H]1CCC[C@@H]1[C@](C#N)(c1ccccc1)C1CCN(CC2CN(c3ccc(C#N)cc3)C2)CC1. The van der Waals surface area contributed by atoms with E-state index in [2.05, 4.69) is 71.3 Å². The van der Waals surface area contributed by atoms with Gasteiger partial charge in [-0.2, -0.15) is 10.5 Å². The van der Waals surface area contributed by atoms with Crippen molar-refractivity contribution in [2.45, 2.75) is 50.5 Å². The van der Waals surface area contributed by atoms with Gasteiger partial charge in [0, 0.05) is 43.8 Å². The molecule has 3 fully saturated rings. The van der Waals surface area contributed by atoms with E-state index in [1.54, 1.807) is 0 Å². The maximum absolute atomic E-state index is 10.8. The number of piperidine rings is 1. The average molecular weight is 483 g/mol. The van der Waals surface area contributed by atoms with Crippen LogP contribution in [0.1, 0.15) is 50.2 Å². The van der Waals surface area contributed by atoms with Gasteiger partial charge in [-0.15, -0.1) is 0 Å². The summed E-state index contributed by atoms with van der Waals surface area (Å²) in [5.41, 5.74) is 2.66. The standard InChI is InChI=1S/C31H38N4O/c1-2-36-30-10-6-9-29(30)31(23-33,26-7-4-3-5-8-26)27-15-17-34(18-16-27)20-25-21-35(22-25)28-13-11-24(19-32)12-14-28/h3-5,7-8,11-14,25,27,29-30H,2,6,9-10,15-18,20-22H2,1H3/t29-,30-,31+/m0/s1. The van der Waals surface area contributed by atoms with Crippen molar-refractivity contribution >= 4 is 5.69 Å². The molecule has 1 saturated carbocycles. The fourth-order valence-corrected chi connectivity index (χ4v) is 7.14. The van der Waals surface area contributed by atoms with Crippen molar-refractivity contribution < 1.29 is 4.74 Å². The summed E-state index contributed by atoms with van der Waals surface area (Å²) in [5.74, 6) is 1.32. The summed E-state index contributed by atoms with van der Waals surface area (Å²) in [4.78, 5) is 5.03. The third-order valence-electron chi connectivity index (χ3n) is 8.92. The zero-order valence-corrected chi connectivity index (χ0v) is 21.5. The summed E-state index contributed by atoms with van der Waals surface area (Å²) in [6.45, 7) is 8.23. The van der Waals surface area contributed by atoms with Crippen LogP contribution in [0.4, 0.5) is 5.69 Å². The number of hydrogen-bond acceptors (Lipinski definition) is 5. The van der Waals surface area contributed by atoms with Crippen LogP contribution in [0, 0.1) is 40.4 Å². The maximum Gasteiger partial charge on any atom is 0.0991 e. The minimum absolute atomic E-state index is 0.191. The highest BCUT2D eigenvalue weighted by atomic mass is 16.5. The van der Waals surface area contributed by atoms with Crippen molar-refractivity contribution in [2.24, 2.45) is 17.8 Å². The molecule has 5 heteroatoms. The largest absolute Gasteiger partial charge is 0.378 e. The number of rotatable bonds is 8. The molecular weight excluding hydrogens is 444 g/mol. The molecule has 0 unspecified atom stereocenters. The van der Waals surface area contributed by atoms with E-state index in [0.717, 1.165) is 71.4 Å². The minimum Gasteiger partial charge on any atom is -0.378 e. The Morgan fingerprint density at radius 2 is 1.67 bits per heavy atom. The predicted molar refractivity (Wildman–Crippen MR) is 143 cm³/mol. The van der Waals surface area contributed by atoms with Crippen molar-refractivity contribution in [3.05, 3.63) is 65.7 Å². The molecule has 2 aliphatic heterocycles. The maximum atomic E-state index is 10.8. The van der Waals surface area contributed by atoms with E-state index in [4.69, 9.17) is 10.00 Å². The van der Waals surface area contributed by atoms with Crippen LogP contribution in [0.5, 0.6) is 0 Å². The molecule has 2 saturated heterocycles. The fraction of sp³-hybridized carbons (Fsp3) is 0.548. The van der Waals surface area contributed by atoms with Gasteiger partial charge in [-0.3, -0.25) is 0 Å². The van der Waals surface area contributed by atoms with E-state index in [1.807, 2.05) is 12.1 Å². The topological polar surface area (TPSA) is 63.3 Å². The molecule has 3 atom stereocenters. The minimum atomic E-state index is -0.466. The van der Waals surface area contributed by atoms with Crippen molar-refractivity contribution in [2.75, 3.05) is 44.2 Å². The Kier molecular flexibility index (Phi) is 7.61. The Bertz CT molecular complexity index is 1070. The van der Waals surface area contributed by atoms with Crippen LogP contribution in [0.2, 0.25) is 0 Å². The zero-order valence-electron chi connectivity index (χ0n) is 21.5. The van der Waals surface area contributed by atoms with Gasteiger partial charge in [0.1, 0.15) is 0 Å². The quantitative estimate of drug-likeness (QED) is 0.506. The zero-order chi connectivity index (χ0) is 25.0. The molecule has 0 radical (unpaired) electrons. The normalized spacial score (nSPS) is 25.0. The summed E-state index contributed by atoms with van der Waals surface area (Å²) < 4.78 is 6.21. The third-order valence-corrected chi connectivity index (χ3v) is 8.92. The molecule has 3 aliphatic rings. The molecule has 36 heavy (non-hydrogen) atoms. The summed E-state index contributed by atoms with van der Waals surface area (Å²) >= 11 is 0. The van der Waals surface area contributed by atoms with E-state index in [1.165, 1.54) is 11.3 Å². The molecule has 5 nitrogen and oxygen atoms in total. The van der Waals surface area contributed by atoms with Crippen LogP contribution >= 0.6 is 0 Å². The first-order valence-electron chi connectivity index (χ1n) is 13.7. The molecule has 0 bridgehead atoms. The number of anilines is 1. The summed E-state index contributed by atoms with van der Waals surface area (Å²) in [5, 5.41) is 19.8. The molecule has 0 amide bonds. The molecule has 0 spiro atoms. The Hall–Kier alpha value is -2.86. The van der Waals surface area contributed by atoms with Crippen molar-refractivity contribution in [3.63, 3.8) is 0 Å². The second-order valence-electron chi connectivity index (χ2n) is 10.9. The third kappa shape index (κ3) is 4.75. The van der Waals surface area contributed by atoms with Gasteiger partial charge in [0.05, 0.1) is 29.2 Å². The van der Waals surface area contributed by atoms with E-state index in [9.17, 15) is 5.26 Å². The van der Waals surface area contributed by atoms with E-state index in [-0.39, 0.29) is 12.0 Å². The number of nitriles is 2. The smallest absolute Gasteiger partial charge is 0.0991 e. The van der Waals surface area contributed by atoms with Crippen LogP contribution < -0.4 is 4.90 Å². The molecule has 2 heterocycles. The van der Waals surface area contributed by atoms with Crippen molar-refractivity contribution in [1.29, 1.82) is 10.5 Å². The molecule has 0 aromatic heterocycles. The Morgan fingerprint density at radius 1 is 0.944 bits per heavy atom. The lowest BCUT2D eigenvalue weighted by Crippen LogP contribution is -2.54. The first kappa shape index (κ1) is 24.8. The molecular formula is C31H38N4O. The highest BCUT2D eigenvalue weighted by Gasteiger charge is 2.52. The van der Waals surface area contributed by atoms with Gasteiger partial charge in [0.2, 0.25) is 0 Å². The Labute approximate surface area is 216 Å². The summed E-state index contributed by atoms with van der Waals surface area (Å²) in [6, 6.07) is 23.7. The lowest BCUT2D eigenvalue weighted by molar-refractivity contribution is -0.00270. The number of ether oxygens (including phenoxy) is 1. The molecule has 2 aromatic rings. The Morgan fingerprint density at radius 3 is 2.31 bits per heavy atom. The molecule has 188 valence electrons. The van der Waals surface area contributed by atoms with E-state index in [0.29, 0.717) is 17.4 Å². The number of hydrogen-bond donors (Lipinski definition) is 0.